The summed E-state index contributed by atoms with van der Waals surface area (Å²) in [5.74, 6) is 3.46. The molecule has 0 saturated heterocycles. The largest absolute Gasteiger partial charge is 0.496 e. The van der Waals surface area contributed by atoms with Crippen molar-refractivity contribution < 1.29 is 19.0 Å². The second-order valence-electron chi connectivity index (χ2n) is 6.10. The van der Waals surface area contributed by atoms with Gasteiger partial charge >= 0.3 is 0 Å². The fourth-order valence-electron chi connectivity index (χ4n) is 2.71. The van der Waals surface area contributed by atoms with Gasteiger partial charge in [-0.15, -0.1) is 11.8 Å². The number of carbonyl (C=O) groups excluding carboxylic acids is 1. The van der Waals surface area contributed by atoms with E-state index in [4.69, 9.17) is 14.2 Å². The summed E-state index contributed by atoms with van der Waals surface area (Å²) in [5, 5.41) is 2.96. The van der Waals surface area contributed by atoms with Crippen molar-refractivity contribution in [3.63, 3.8) is 0 Å². The molecule has 146 valence electrons. The van der Waals surface area contributed by atoms with Crippen LogP contribution in [0.1, 0.15) is 16.7 Å². The summed E-state index contributed by atoms with van der Waals surface area (Å²) < 4.78 is 15.9. The Morgan fingerprint density at radius 2 is 1.67 bits per heavy atom. The maximum Gasteiger partial charge on any atom is 0.230 e. The summed E-state index contributed by atoms with van der Waals surface area (Å²) in [5.41, 5.74) is 3.39. The number of rotatable bonds is 10. The predicted octanol–water partition coefficient (Wildman–Crippen LogP) is 3.61. The average molecular weight is 390 g/mol. The van der Waals surface area contributed by atoms with E-state index in [1.165, 1.54) is 5.56 Å². The van der Waals surface area contributed by atoms with Crippen LogP contribution in [0.4, 0.5) is 0 Å². The highest BCUT2D eigenvalue weighted by atomic mass is 32.2. The summed E-state index contributed by atoms with van der Waals surface area (Å²) >= 11 is 1.58. The van der Waals surface area contributed by atoms with Crippen LogP contribution in [0.2, 0.25) is 0 Å². The Hall–Kier alpha value is -2.34. The minimum atomic E-state index is 0.0343. The lowest BCUT2D eigenvalue weighted by Crippen LogP contribution is -2.27. The third kappa shape index (κ3) is 6.40. The molecule has 0 aromatic heterocycles. The molecule has 0 radical (unpaired) electrons. The number of carbonyl (C=O) groups is 1. The van der Waals surface area contributed by atoms with Crippen molar-refractivity contribution in [3.05, 3.63) is 53.1 Å². The van der Waals surface area contributed by atoms with Crippen molar-refractivity contribution >= 4 is 17.7 Å². The molecule has 0 unspecified atom stereocenters. The molecule has 2 aromatic carbocycles. The molecule has 0 heterocycles. The van der Waals surface area contributed by atoms with Gasteiger partial charge in [-0.05, 0) is 37.1 Å². The van der Waals surface area contributed by atoms with Gasteiger partial charge in [0, 0.05) is 17.9 Å². The minimum Gasteiger partial charge on any atom is -0.496 e. The quantitative estimate of drug-likeness (QED) is 0.673. The molecule has 27 heavy (non-hydrogen) atoms. The van der Waals surface area contributed by atoms with E-state index in [0.29, 0.717) is 23.8 Å². The Balaban J connectivity index is 1.75. The van der Waals surface area contributed by atoms with E-state index in [9.17, 15) is 4.79 Å². The van der Waals surface area contributed by atoms with Crippen molar-refractivity contribution in [2.75, 3.05) is 33.6 Å². The highest BCUT2D eigenvalue weighted by Crippen LogP contribution is 2.27. The lowest BCUT2D eigenvalue weighted by molar-refractivity contribution is -0.118. The molecule has 0 aliphatic rings. The average Bonchev–Trinajstić information content (AvgIpc) is 2.68. The van der Waals surface area contributed by atoms with E-state index in [1.54, 1.807) is 33.1 Å². The zero-order valence-corrected chi connectivity index (χ0v) is 17.2. The molecular weight excluding hydrogens is 362 g/mol. The van der Waals surface area contributed by atoms with Crippen molar-refractivity contribution in [1.29, 1.82) is 0 Å². The van der Waals surface area contributed by atoms with Gasteiger partial charge in [-0.25, -0.2) is 0 Å². The first kappa shape index (κ1) is 21.0. The number of hydrogen-bond acceptors (Lipinski definition) is 5. The third-order valence-electron chi connectivity index (χ3n) is 4.11. The topological polar surface area (TPSA) is 56.8 Å². The highest BCUT2D eigenvalue weighted by Gasteiger charge is 2.07. The number of thioether (sulfide) groups is 1. The molecule has 1 N–H and O–H groups in total. The Bertz CT molecular complexity index is 764. The van der Waals surface area contributed by atoms with E-state index >= 15 is 0 Å². The van der Waals surface area contributed by atoms with Crippen molar-refractivity contribution in [3.8, 4) is 17.2 Å². The smallest absolute Gasteiger partial charge is 0.230 e. The van der Waals surface area contributed by atoms with E-state index < -0.39 is 0 Å². The highest BCUT2D eigenvalue weighted by molar-refractivity contribution is 7.99. The first-order valence-corrected chi connectivity index (χ1v) is 9.91. The summed E-state index contributed by atoms with van der Waals surface area (Å²) in [4.78, 5) is 12.1. The summed E-state index contributed by atoms with van der Waals surface area (Å²) in [6.45, 7) is 2.64. The van der Waals surface area contributed by atoms with Crippen molar-refractivity contribution in [2.45, 2.75) is 19.1 Å². The minimum absolute atomic E-state index is 0.0343. The van der Waals surface area contributed by atoms with Gasteiger partial charge < -0.3 is 19.5 Å². The Morgan fingerprint density at radius 3 is 2.37 bits per heavy atom. The van der Waals surface area contributed by atoms with Crippen LogP contribution in [0.5, 0.6) is 17.2 Å². The van der Waals surface area contributed by atoms with Crippen molar-refractivity contribution in [2.24, 2.45) is 0 Å². The predicted molar refractivity (Wildman–Crippen MR) is 110 cm³/mol. The van der Waals surface area contributed by atoms with Crippen LogP contribution in [0.3, 0.4) is 0 Å². The number of methoxy groups -OCH3 is 3. The molecule has 2 aromatic rings. The summed E-state index contributed by atoms with van der Waals surface area (Å²) in [7, 11) is 4.89. The van der Waals surface area contributed by atoms with Gasteiger partial charge in [0.2, 0.25) is 5.91 Å². The number of aryl methyl sites for hydroxylation is 1. The van der Waals surface area contributed by atoms with Crippen molar-refractivity contribution in [1.82, 2.24) is 5.32 Å². The molecule has 2 rings (SSSR count). The number of hydrogen-bond donors (Lipinski definition) is 1. The van der Waals surface area contributed by atoms with Crippen LogP contribution in [0.25, 0.3) is 0 Å². The van der Waals surface area contributed by atoms with E-state index in [1.807, 2.05) is 30.3 Å². The van der Waals surface area contributed by atoms with E-state index in [2.05, 4.69) is 18.3 Å². The normalized spacial score (nSPS) is 10.4. The van der Waals surface area contributed by atoms with Crippen LogP contribution in [0, 0.1) is 6.92 Å². The van der Waals surface area contributed by atoms with Gasteiger partial charge in [0.1, 0.15) is 5.75 Å². The Kier molecular flexibility index (Phi) is 8.33. The van der Waals surface area contributed by atoms with Crippen LogP contribution in [0.15, 0.2) is 36.4 Å². The molecule has 0 aliphatic carbocycles. The lowest BCUT2D eigenvalue weighted by Gasteiger charge is -2.11. The van der Waals surface area contributed by atoms with E-state index in [0.717, 1.165) is 29.1 Å². The summed E-state index contributed by atoms with van der Waals surface area (Å²) in [6.07, 6.45) is 0.739. The van der Waals surface area contributed by atoms with Crippen LogP contribution >= 0.6 is 11.8 Å². The zero-order valence-electron chi connectivity index (χ0n) is 16.3. The second kappa shape index (κ2) is 10.7. The number of benzene rings is 2. The first-order valence-electron chi connectivity index (χ1n) is 8.76. The molecule has 0 bridgehead atoms. The molecule has 6 heteroatoms. The summed E-state index contributed by atoms with van der Waals surface area (Å²) in [6, 6.07) is 11.9. The van der Waals surface area contributed by atoms with Gasteiger partial charge in [0.05, 0.1) is 27.1 Å². The SMILES string of the molecule is COc1ccc(C)cc1CSCC(=O)NCCc1ccc(OC)c(OC)c1. The van der Waals surface area contributed by atoms with Gasteiger partial charge in [-0.3, -0.25) is 4.79 Å². The van der Waals surface area contributed by atoms with Crippen LogP contribution in [-0.2, 0) is 17.0 Å². The molecule has 0 atom stereocenters. The first-order chi connectivity index (χ1) is 13.1. The fourth-order valence-corrected chi connectivity index (χ4v) is 3.54. The molecule has 5 nitrogen and oxygen atoms in total. The molecule has 0 fully saturated rings. The maximum absolute atomic E-state index is 12.1. The molecule has 0 saturated carbocycles. The van der Waals surface area contributed by atoms with Crippen LogP contribution < -0.4 is 19.5 Å². The fraction of sp³-hybridized carbons (Fsp3) is 0.381. The molecular formula is C21H27NO4S. The van der Waals surface area contributed by atoms with Gasteiger partial charge in [0.15, 0.2) is 11.5 Å². The Morgan fingerprint density at radius 1 is 0.963 bits per heavy atom. The number of nitrogens with one attached hydrogen (secondary N) is 1. The number of amides is 1. The molecule has 0 aliphatic heterocycles. The van der Waals surface area contributed by atoms with Gasteiger partial charge in [-0.2, -0.15) is 0 Å². The van der Waals surface area contributed by atoms with Crippen LogP contribution in [-0.4, -0.2) is 39.5 Å². The maximum atomic E-state index is 12.1. The molecule has 0 spiro atoms. The van der Waals surface area contributed by atoms with E-state index in [-0.39, 0.29) is 5.91 Å². The number of ether oxygens (including phenoxy) is 3. The zero-order chi connectivity index (χ0) is 19.6. The van der Waals surface area contributed by atoms with Gasteiger partial charge in [-0.1, -0.05) is 23.8 Å². The second-order valence-corrected chi connectivity index (χ2v) is 7.08. The molecule has 1 amide bonds. The standard InChI is InChI=1S/C21H27NO4S/c1-15-5-7-18(24-2)17(11-15)13-27-14-21(23)22-10-9-16-6-8-19(25-3)20(12-16)26-4/h5-8,11-12H,9-10,13-14H2,1-4H3,(H,22,23). The Labute approximate surface area is 165 Å². The van der Waals surface area contributed by atoms with Gasteiger partial charge in [0.25, 0.3) is 0 Å². The monoisotopic (exact) mass is 389 g/mol. The lowest BCUT2D eigenvalue weighted by atomic mass is 10.1. The third-order valence-corrected chi connectivity index (χ3v) is 5.09.